The summed E-state index contributed by atoms with van der Waals surface area (Å²) in [5, 5.41) is 3.08. The molecule has 0 heterocycles. The van der Waals surface area contributed by atoms with E-state index in [-0.39, 0.29) is 0 Å². The molecule has 1 aromatic carbocycles. The lowest BCUT2D eigenvalue weighted by Gasteiger charge is -2.20. The number of benzene rings is 1. The van der Waals surface area contributed by atoms with Crippen molar-refractivity contribution < 1.29 is 9.47 Å². The molecule has 22 heavy (non-hydrogen) atoms. The topological polar surface area (TPSA) is 72.1 Å². The van der Waals surface area contributed by atoms with E-state index in [9.17, 15) is 0 Å². The summed E-state index contributed by atoms with van der Waals surface area (Å²) in [6, 6.07) is 8.32. The lowest BCUT2D eigenvalue weighted by molar-refractivity contribution is 0.145. The predicted molar refractivity (Wildman–Crippen MR) is 89.6 cm³/mol. The number of nitrogens with zero attached hydrogens (tertiary/aromatic N) is 2. The Morgan fingerprint density at radius 1 is 1.36 bits per heavy atom. The molecule has 0 atom stereocenters. The van der Waals surface area contributed by atoms with Gasteiger partial charge in [-0.1, -0.05) is 6.07 Å². The first-order valence-electron chi connectivity index (χ1n) is 7.67. The van der Waals surface area contributed by atoms with E-state index in [1.807, 2.05) is 24.3 Å². The van der Waals surface area contributed by atoms with E-state index >= 15 is 0 Å². The zero-order valence-corrected chi connectivity index (χ0v) is 13.4. The lowest BCUT2D eigenvalue weighted by Crippen LogP contribution is -2.33. The highest BCUT2D eigenvalue weighted by Crippen LogP contribution is 2.26. The van der Waals surface area contributed by atoms with Gasteiger partial charge >= 0.3 is 0 Å². The van der Waals surface area contributed by atoms with Crippen LogP contribution in [0.4, 0.5) is 5.69 Å². The van der Waals surface area contributed by atoms with Crippen molar-refractivity contribution >= 4 is 11.6 Å². The third-order valence-corrected chi connectivity index (χ3v) is 3.66. The molecule has 0 unspecified atom stereocenters. The highest BCUT2D eigenvalue weighted by atomic mass is 16.5. The van der Waals surface area contributed by atoms with Gasteiger partial charge in [0.15, 0.2) is 5.96 Å². The summed E-state index contributed by atoms with van der Waals surface area (Å²) in [4.78, 5) is 6.82. The summed E-state index contributed by atoms with van der Waals surface area (Å²) in [6.07, 6.45) is 2.57. The Bertz CT molecular complexity index is 489. The molecule has 6 nitrogen and oxygen atoms in total. The van der Waals surface area contributed by atoms with Gasteiger partial charge in [-0.15, -0.1) is 0 Å². The highest BCUT2D eigenvalue weighted by molar-refractivity contribution is 5.92. The first-order chi connectivity index (χ1) is 10.7. The molecule has 122 valence electrons. The zero-order chi connectivity index (χ0) is 15.8. The molecule has 6 heteroatoms. The molecule has 0 aromatic heterocycles. The number of hydrogen-bond donors (Lipinski definition) is 2. The van der Waals surface area contributed by atoms with Gasteiger partial charge in [-0.3, -0.25) is 9.89 Å². The lowest BCUT2D eigenvalue weighted by atomic mass is 10.3. The number of anilines is 1. The fourth-order valence-corrected chi connectivity index (χ4v) is 2.31. The molecule has 1 aliphatic carbocycles. The van der Waals surface area contributed by atoms with Crippen LogP contribution in [-0.4, -0.2) is 57.4 Å². The minimum absolute atomic E-state index is 0.427. The average molecular weight is 306 g/mol. The summed E-state index contributed by atoms with van der Waals surface area (Å²) in [7, 11) is 3.38. The number of nitrogens with one attached hydrogen (secondary N) is 1. The van der Waals surface area contributed by atoms with Crippen LogP contribution in [0.1, 0.15) is 12.8 Å². The number of guanidine groups is 1. The Hall–Kier alpha value is -1.79. The van der Waals surface area contributed by atoms with E-state index < -0.39 is 0 Å². The van der Waals surface area contributed by atoms with Crippen LogP contribution in [0, 0.1) is 0 Å². The molecule has 2 rings (SSSR count). The molecular weight excluding hydrogens is 280 g/mol. The minimum Gasteiger partial charge on any atom is -0.497 e. The van der Waals surface area contributed by atoms with Gasteiger partial charge in [-0.2, -0.15) is 0 Å². The SMILES string of the molecule is COCCN(CCN=C(N)Nc1cccc(OC)c1)C1CC1. The van der Waals surface area contributed by atoms with Crippen LogP contribution in [0.15, 0.2) is 29.3 Å². The molecule has 1 aromatic rings. The van der Waals surface area contributed by atoms with Crippen LogP contribution in [0.3, 0.4) is 0 Å². The summed E-state index contributed by atoms with van der Waals surface area (Å²) >= 11 is 0. The van der Waals surface area contributed by atoms with Crippen LogP contribution in [0.25, 0.3) is 0 Å². The molecule has 0 spiro atoms. The maximum Gasteiger partial charge on any atom is 0.193 e. The standard InChI is InChI=1S/C16H26N4O2/c1-21-11-10-20(14-6-7-14)9-8-18-16(17)19-13-4-3-5-15(12-13)22-2/h3-5,12,14H,6-11H2,1-2H3,(H3,17,18,19). The number of methoxy groups -OCH3 is 2. The zero-order valence-electron chi connectivity index (χ0n) is 13.4. The van der Waals surface area contributed by atoms with Crippen LogP contribution in [0.5, 0.6) is 5.75 Å². The first kappa shape index (κ1) is 16.6. The molecule has 1 aliphatic rings. The van der Waals surface area contributed by atoms with Crippen molar-refractivity contribution in [2.45, 2.75) is 18.9 Å². The Balaban J connectivity index is 1.78. The molecule has 0 saturated heterocycles. The third-order valence-electron chi connectivity index (χ3n) is 3.66. The largest absolute Gasteiger partial charge is 0.497 e. The molecule has 0 amide bonds. The van der Waals surface area contributed by atoms with Gasteiger partial charge in [0.2, 0.25) is 0 Å². The van der Waals surface area contributed by atoms with Crippen LogP contribution < -0.4 is 15.8 Å². The average Bonchev–Trinajstić information content (AvgIpc) is 3.35. The fraction of sp³-hybridized carbons (Fsp3) is 0.562. The van der Waals surface area contributed by atoms with E-state index in [1.54, 1.807) is 14.2 Å². The fourth-order valence-electron chi connectivity index (χ4n) is 2.31. The van der Waals surface area contributed by atoms with E-state index in [2.05, 4.69) is 15.2 Å². The van der Waals surface area contributed by atoms with E-state index in [0.717, 1.165) is 31.1 Å². The highest BCUT2D eigenvalue weighted by Gasteiger charge is 2.27. The summed E-state index contributed by atoms with van der Waals surface area (Å²) < 4.78 is 10.3. The number of aliphatic imine (C=N–C) groups is 1. The van der Waals surface area contributed by atoms with Gasteiger partial charge < -0.3 is 20.5 Å². The normalized spacial score (nSPS) is 15.1. The molecule has 0 radical (unpaired) electrons. The van der Waals surface area contributed by atoms with Crippen LogP contribution in [-0.2, 0) is 4.74 Å². The molecule has 3 N–H and O–H groups in total. The number of hydrogen-bond acceptors (Lipinski definition) is 4. The van der Waals surface area contributed by atoms with Gasteiger partial charge in [0.25, 0.3) is 0 Å². The summed E-state index contributed by atoms with van der Waals surface area (Å²) in [5.74, 6) is 1.22. The summed E-state index contributed by atoms with van der Waals surface area (Å²) in [6.45, 7) is 3.31. The summed E-state index contributed by atoms with van der Waals surface area (Å²) in [5.41, 5.74) is 6.80. The van der Waals surface area contributed by atoms with E-state index in [4.69, 9.17) is 15.2 Å². The van der Waals surface area contributed by atoms with Gasteiger partial charge in [-0.05, 0) is 25.0 Å². The number of ether oxygens (including phenoxy) is 2. The Labute approximate surface area is 132 Å². The molecular formula is C16H26N4O2. The van der Waals surface area contributed by atoms with Gasteiger partial charge in [0.1, 0.15) is 5.75 Å². The molecule has 1 fully saturated rings. The molecule has 0 aliphatic heterocycles. The Morgan fingerprint density at radius 3 is 2.86 bits per heavy atom. The Morgan fingerprint density at radius 2 is 2.18 bits per heavy atom. The second kappa shape index (κ2) is 8.60. The number of rotatable bonds is 9. The predicted octanol–water partition coefficient (Wildman–Crippen LogP) is 1.53. The van der Waals surface area contributed by atoms with Crippen LogP contribution in [0.2, 0.25) is 0 Å². The van der Waals surface area contributed by atoms with E-state index in [0.29, 0.717) is 18.5 Å². The van der Waals surface area contributed by atoms with Gasteiger partial charge in [0, 0.05) is 38.0 Å². The Kier molecular flexibility index (Phi) is 6.48. The van der Waals surface area contributed by atoms with Crippen molar-refractivity contribution in [3.8, 4) is 5.75 Å². The van der Waals surface area contributed by atoms with Crippen molar-refractivity contribution in [3.63, 3.8) is 0 Å². The quantitative estimate of drug-likeness (QED) is 0.535. The maximum atomic E-state index is 5.93. The van der Waals surface area contributed by atoms with E-state index in [1.165, 1.54) is 12.8 Å². The molecule has 1 saturated carbocycles. The van der Waals surface area contributed by atoms with Gasteiger partial charge in [0.05, 0.1) is 20.3 Å². The van der Waals surface area contributed by atoms with Crippen LogP contribution >= 0.6 is 0 Å². The van der Waals surface area contributed by atoms with Crippen molar-refractivity contribution in [1.82, 2.24) is 4.90 Å². The minimum atomic E-state index is 0.427. The maximum absolute atomic E-state index is 5.93. The van der Waals surface area contributed by atoms with Crippen molar-refractivity contribution in [1.29, 1.82) is 0 Å². The second-order valence-corrected chi connectivity index (χ2v) is 5.38. The van der Waals surface area contributed by atoms with Crippen molar-refractivity contribution in [3.05, 3.63) is 24.3 Å². The molecule has 0 bridgehead atoms. The van der Waals surface area contributed by atoms with Gasteiger partial charge in [-0.25, -0.2) is 0 Å². The third kappa shape index (κ3) is 5.54. The first-order valence-corrected chi connectivity index (χ1v) is 7.67. The van der Waals surface area contributed by atoms with Crippen molar-refractivity contribution in [2.75, 3.05) is 45.8 Å². The number of nitrogens with two attached hydrogens (primary N) is 1. The monoisotopic (exact) mass is 306 g/mol. The second-order valence-electron chi connectivity index (χ2n) is 5.38. The smallest absolute Gasteiger partial charge is 0.193 e. The van der Waals surface area contributed by atoms with Crippen molar-refractivity contribution in [2.24, 2.45) is 10.7 Å².